The molecule has 2 aromatic rings. The quantitative estimate of drug-likeness (QED) is 0.861. The Bertz CT molecular complexity index is 685. The number of nitrogens with zero attached hydrogens (tertiary/aromatic N) is 1. The second-order valence-corrected chi connectivity index (χ2v) is 4.00. The molecule has 8 heteroatoms. The first-order chi connectivity index (χ1) is 9.79. The molecule has 0 radical (unpaired) electrons. The average Bonchev–Trinajstić information content (AvgIpc) is 2.40. The van der Waals surface area contributed by atoms with E-state index in [1.165, 1.54) is 0 Å². The summed E-state index contributed by atoms with van der Waals surface area (Å²) in [5, 5.41) is 1.90. The van der Waals surface area contributed by atoms with E-state index >= 15 is 0 Å². The van der Waals surface area contributed by atoms with Gasteiger partial charge in [0.15, 0.2) is 5.82 Å². The van der Waals surface area contributed by atoms with Gasteiger partial charge in [0.05, 0.1) is 23.0 Å². The van der Waals surface area contributed by atoms with Crippen LogP contribution in [0.1, 0.15) is 15.9 Å². The monoisotopic (exact) mass is 302 g/mol. The zero-order chi connectivity index (χ0) is 15.6. The molecule has 0 aliphatic carbocycles. The maximum absolute atomic E-state index is 13.4. The number of amides is 1. The molecule has 0 saturated heterocycles. The molecule has 1 amide bonds. The van der Waals surface area contributed by atoms with Crippen molar-refractivity contribution in [2.45, 2.75) is 6.18 Å². The van der Waals surface area contributed by atoms with Crippen LogP contribution in [0.25, 0.3) is 0 Å². The largest absolute Gasteiger partial charge is 0.416 e. The summed E-state index contributed by atoms with van der Waals surface area (Å²) in [6.45, 7) is 0. The molecule has 2 rings (SSSR count). The molecule has 0 bridgehead atoms. The summed E-state index contributed by atoms with van der Waals surface area (Å²) < 4.78 is 64.3. The van der Waals surface area contributed by atoms with Gasteiger partial charge in [0.2, 0.25) is 0 Å². The van der Waals surface area contributed by atoms with Crippen LogP contribution in [-0.2, 0) is 6.18 Å². The Kier molecular flexibility index (Phi) is 3.88. The SMILES string of the molecule is O=C(Nc1cc(C(F)(F)F)ccc1F)c1ccncc1F. The molecular weight excluding hydrogens is 295 g/mol. The van der Waals surface area contributed by atoms with E-state index in [4.69, 9.17) is 0 Å². The average molecular weight is 302 g/mol. The first kappa shape index (κ1) is 14.9. The number of rotatable bonds is 2. The van der Waals surface area contributed by atoms with Gasteiger partial charge in [0.1, 0.15) is 5.82 Å². The normalized spacial score (nSPS) is 11.3. The van der Waals surface area contributed by atoms with E-state index in [0.717, 1.165) is 18.5 Å². The highest BCUT2D eigenvalue weighted by molar-refractivity contribution is 6.04. The van der Waals surface area contributed by atoms with Crippen LogP contribution in [0.15, 0.2) is 36.7 Å². The Hall–Kier alpha value is -2.51. The standard InChI is InChI=1S/C13H7F5N2O/c14-9-2-1-7(13(16,17)18)5-11(9)20-12(21)8-3-4-19-6-10(8)15/h1-6H,(H,20,21). The third-order valence-corrected chi connectivity index (χ3v) is 2.56. The third kappa shape index (κ3) is 3.33. The minimum Gasteiger partial charge on any atom is -0.319 e. The van der Waals surface area contributed by atoms with Crippen LogP contribution in [0, 0.1) is 11.6 Å². The Labute approximate surface area is 115 Å². The molecule has 1 N–H and O–H groups in total. The predicted molar refractivity (Wildman–Crippen MR) is 63.6 cm³/mol. The Morgan fingerprint density at radius 3 is 2.43 bits per heavy atom. The summed E-state index contributed by atoms with van der Waals surface area (Å²) in [5.74, 6) is -3.11. The predicted octanol–water partition coefficient (Wildman–Crippen LogP) is 3.63. The Balaban J connectivity index is 2.31. The maximum Gasteiger partial charge on any atom is 0.416 e. The van der Waals surface area contributed by atoms with Crippen molar-refractivity contribution in [2.75, 3.05) is 5.32 Å². The van der Waals surface area contributed by atoms with Gasteiger partial charge in [-0.25, -0.2) is 8.78 Å². The number of aromatic nitrogens is 1. The molecule has 1 heterocycles. The van der Waals surface area contributed by atoms with Crippen LogP contribution >= 0.6 is 0 Å². The first-order valence-corrected chi connectivity index (χ1v) is 5.56. The molecule has 0 fully saturated rings. The van der Waals surface area contributed by atoms with Crippen molar-refractivity contribution >= 4 is 11.6 Å². The molecule has 1 aromatic carbocycles. The van der Waals surface area contributed by atoms with Crippen molar-refractivity contribution in [3.8, 4) is 0 Å². The molecule has 110 valence electrons. The van der Waals surface area contributed by atoms with Gasteiger partial charge in [0.25, 0.3) is 5.91 Å². The lowest BCUT2D eigenvalue weighted by atomic mass is 10.1. The van der Waals surface area contributed by atoms with Crippen molar-refractivity contribution < 1.29 is 26.7 Å². The van der Waals surface area contributed by atoms with E-state index in [1.807, 2.05) is 5.32 Å². The molecule has 21 heavy (non-hydrogen) atoms. The summed E-state index contributed by atoms with van der Waals surface area (Å²) in [6.07, 6.45) is -2.80. The molecule has 1 aromatic heterocycles. The van der Waals surface area contributed by atoms with Gasteiger partial charge in [-0.05, 0) is 24.3 Å². The highest BCUT2D eigenvalue weighted by atomic mass is 19.4. The van der Waals surface area contributed by atoms with E-state index in [9.17, 15) is 26.7 Å². The highest BCUT2D eigenvalue weighted by Gasteiger charge is 2.31. The van der Waals surface area contributed by atoms with Crippen molar-refractivity contribution in [3.05, 3.63) is 59.4 Å². The van der Waals surface area contributed by atoms with Crippen molar-refractivity contribution in [2.24, 2.45) is 0 Å². The smallest absolute Gasteiger partial charge is 0.319 e. The molecule has 0 atom stereocenters. The second-order valence-electron chi connectivity index (χ2n) is 4.00. The second kappa shape index (κ2) is 5.47. The summed E-state index contributed by atoms with van der Waals surface area (Å²) in [5.41, 5.74) is -2.28. The number of carbonyl (C=O) groups is 1. The minimum absolute atomic E-state index is 0.437. The zero-order valence-corrected chi connectivity index (χ0v) is 10.2. The summed E-state index contributed by atoms with van der Waals surface area (Å²) in [4.78, 5) is 15.1. The van der Waals surface area contributed by atoms with Crippen LogP contribution in [-0.4, -0.2) is 10.9 Å². The number of halogens is 5. The van der Waals surface area contributed by atoms with Gasteiger partial charge >= 0.3 is 6.18 Å². The number of alkyl halides is 3. The Morgan fingerprint density at radius 2 is 1.81 bits per heavy atom. The number of carbonyl (C=O) groups excluding carboxylic acids is 1. The molecule has 0 unspecified atom stereocenters. The van der Waals surface area contributed by atoms with Crippen LogP contribution in [0.2, 0.25) is 0 Å². The summed E-state index contributed by atoms with van der Waals surface area (Å²) in [7, 11) is 0. The molecule has 0 aliphatic heterocycles. The lowest BCUT2D eigenvalue weighted by Gasteiger charge is -2.11. The van der Waals surface area contributed by atoms with E-state index in [1.54, 1.807) is 0 Å². The van der Waals surface area contributed by atoms with Gasteiger partial charge in [-0.3, -0.25) is 9.78 Å². The maximum atomic E-state index is 13.4. The minimum atomic E-state index is -4.69. The van der Waals surface area contributed by atoms with Crippen molar-refractivity contribution in [1.29, 1.82) is 0 Å². The zero-order valence-electron chi connectivity index (χ0n) is 10.2. The lowest BCUT2D eigenvalue weighted by Crippen LogP contribution is -2.16. The fourth-order valence-corrected chi connectivity index (χ4v) is 1.55. The van der Waals surface area contributed by atoms with E-state index < -0.39 is 40.5 Å². The van der Waals surface area contributed by atoms with E-state index in [-0.39, 0.29) is 0 Å². The van der Waals surface area contributed by atoms with Crippen LogP contribution in [0.4, 0.5) is 27.6 Å². The summed E-state index contributed by atoms with van der Waals surface area (Å²) >= 11 is 0. The number of anilines is 1. The summed E-state index contributed by atoms with van der Waals surface area (Å²) in [6, 6.07) is 2.57. The third-order valence-electron chi connectivity index (χ3n) is 2.56. The number of hydrogen-bond donors (Lipinski definition) is 1. The highest BCUT2D eigenvalue weighted by Crippen LogP contribution is 2.31. The van der Waals surface area contributed by atoms with Crippen molar-refractivity contribution in [3.63, 3.8) is 0 Å². The van der Waals surface area contributed by atoms with E-state index in [2.05, 4.69) is 4.98 Å². The van der Waals surface area contributed by atoms with Gasteiger partial charge in [-0.15, -0.1) is 0 Å². The lowest BCUT2D eigenvalue weighted by molar-refractivity contribution is -0.137. The molecule has 0 aliphatic rings. The fraction of sp³-hybridized carbons (Fsp3) is 0.0769. The first-order valence-electron chi connectivity index (χ1n) is 5.56. The van der Waals surface area contributed by atoms with Gasteiger partial charge in [-0.2, -0.15) is 13.2 Å². The van der Waals surface area contributed by atoms with Crippen molar-refractivity contribution in [1.82, 2.24) is 4.98 Å². The molecular formula is C13H7F5N2O. The molecule has 0 spiro atoms. The topological polar surface area (TPSA) is 42.0 Å². The fourth-order valence-electron chi connectivity index (χ4n) is 1.55. The number of pyridine rings is 1. The Morgan fingerprint density at radius 1 is 1.10 bits per heavy atom. The van der Waals surface area contributed by atoms with Crippen LogP contribution in [0.3, 0.4) is 0 Å². The number of hydrogen-bond acceptors (Lipinski definition) is 2. The number of benzene rings is 1. The van der Waals surface area contributed by atoms with Gasteiger partial charge in [-0.1, -0.05) is 0 Å². The van der Waals surface area contributed by atoms with Gasteiger partial charge in [0, 0.05) is 6.20 Å². The van der Waals surface area contributed by atoms with Crippen LogP contribution < -0.4 is 5.32 Å². The molecule has 0 saturated carbocycles. The van der Waals surface area contributed by atoms with E-state index in [0.29, 0.717) is 18.2 Å². The molecule has 3 nitrogen and oxygen atoms in total. The van der Waals surface area contributed by atoms with Crippen LogP contribution in [0.5, 0.6) is 0 Å². The van der Waals surface area contributed by atoms with Gasteiger partial charge < -0.3 is 5.32 Å². The number of nitrogens with one attached hydrogen (secondary N) is 1.